The summed E-state index contributed by atoms with van der Waals surface area (Å²) in [5.41, 5.74) is 2.73. The summed E-state index contributed by atoms with van der Waals surface area (Å²) < 4.78 is 13.1. The molecule has 2 aromatic rings. The number of halogens is 1. The fraction of sp³-hybridized carbons (Fsp3) is 0.500. The highest BCUT2D eigenvalue weighted by atomic mass is 19.1. The van der Waals surface area contributed by atoms with Crippen molar-refractivity contribution in [3.63, 3.8) is 0 Å². The van der Waals surface area contributed by atoms with Crippen LogP contribution in [0.1, 0.15) is 36.6 Å². The van der Waals surface area contributed by atoms with E-state index < -0.39 is 0 Å². The molecule has 1 aromatic heterocycles. The van der Waals surface area contributed by atoms with Crippen LogP contribution in [0.4, 0.5) is 10.3 Å². The van der Waals surface area contributed by atoms with Crippen LogP contribution >= 0.6 is 0 Å². The van der Waals surface area contributed by atoms with Crippen LogP contribution in [0.25, 0.3) is 0 Å². The van der Waals surface area contributed by atoms with Gasteiger partial charge in [-0.25, -0.2) is 9.37 Å². The zero-order valence-electron chi connectivity index (χ0n) is 15.2. The number of fused-ring (bicyclic) bond motifs is 1. The Balaban J connectivity index is 1.49. The summed E-state index contributed by atoms with van der Waals surface area (Å²) in [7, 11) is 0. The molecule has 2 aliphatic rings. The lowest BCUT2D eigenvalue weighted by Gasteiger charge is -2.32. The van der Waals surface area contributed by atoms with E-state index in [4.69, 9.17) is 4.98 Å². The zero-order chi connectivity index (χ0) is 18.1. The molecule has 5 nitrogen and oxygen atoms in total. The van der Waals surface area contributed by atoms with Crippen molar-refractivity contribution in [3.8, 4) is 0 Å². The molecule has 1 aromatic carbocycles. The van der Waals surface area contributed by atoms with E-state index in [2.05, 4.69) is 21.7 Å². The van der Waals surface area contributed by atoms with Crippen molar-refractivity contribution in [2.75, 3.05) is 24.5 Å². The highest BCUT2D eigenvalue weighted by Gasteiger charge is 2.24. The van der Waals surface area contributed by atoms with Crippen LogP contribution in [0.2, 0.25) is 0 Å². The third-order valence-corrected chi connectivity index (χ3v) is 5.54. The van der Waals surface area contributed by atoms with E-state index in [0.717, 1.165) is 67.6 Å². The largest absolute Gasteiger partial charge is 0.342 e. The lowest BCUT2D eigenvalue weighted by molar-refractivity contribution is 0.241. The summed E-state index contributed by atoms with van der Waals surface area (Å²) in [5.74, 6) is 1.25. The van der Waals surface area contributed by atoms with Crippen molar-refractivity contribution in [3.05, 3.63) is 57.3 Å². The van der Waals surface area contributed by atoms with Crippen molar-refractivity contribution >= 4 is 5.95 Å². The Morgan fingerprint density at radius 2 is 1.92 bits per heavy atom. The molecule has 0 unspecified atom stereocenters. The van der Waals surface area contributed by atoms with E-state index in [1.807, 2.05) is 0 Å². The Bertz CT molecular complexity index is 825. The van der Waals surface area contributed by atoms with Crippen LogP contribution < -0.4 is 10.5 Å². The molecular formula is C20H25FN4O. The average molecular weight is 356 g/mol. The first-order chi connectivity index (χ1) is 12.6. The predicted molar refractivity (Wildman–Crippen MR) is 99.7 cm³/mol. The first-order valence-electron chi connectivity index (χ1n) is 9.42. The number of piperidine rings is 1. The van der Waals surface area contributed by atoms with Gasteiger partial charge >= 0.3 is 0 Å². The third kappa shape index (κ3) is 3.65. The molecule has 4 rings (SSSR count). The Kier molecular flexibility index (Phi) is 4.76. The van der Waals surface area contributed by atoms with Crippen LogP contribution in [0.3, 0.4) is 0 Å². The number of anilines is 1. The van der Waals surface area contributed by atoms with Gasteiger partial charge in [0.15, 0.2) is 0 Å². The van der Waals surface area contributed by atoms with Crippen LogP contribution in [-0.2, 0) is 19.5 Å². The normalized spacial score (nSPS) is 18.8. The molecule has 0 bridgehead atoms. The van der Waals surface area contributed by atoms with E-state index in [9.17, 15) is 9.18 Å². The molecule has 6 heteroatoms. The van der Waals surface area contributed by atoms with Crippen LogP contribution in [0, 0.1) is 11.7 Å². The number of nitrogens with zero attached hydrogens (tertiary/aromatic N) is 3. The molecule has 1 fully saturated rings. The first kappa shape index (κ1) is 17.2. The Morgan fingerprint density at radius 1 is 1.19 bits per heavy atom. The molecule has 26 heavy (non-hydrogen) atoms. The summed E-state index contributed by atoms with van der Waals surface area (Å²) >= 11 is 0. The van der Waals surface area contributed by atoms with Crippen LogP contribution in [0.15, 0.2) is 29.1 Å². The first-order valence-corrected chi connectivity index (χ1v) is 9.42. The quantitative estimate of drug-likeness (QED) is 0.919. The Morgan fingerprint density at radius 3 is 2.65 bits per heavy atom. The molecule has 0 amide bonds. The molecule has 1 N–H and O–H groups in total. The standard InChI is InChI=1S/C20H25FN4O/c1-14-6-10-25(11-7-14)20-22-18-8-9-24(13-17(18)19(26)23-20)12-15-2-4-16(21)5-3-15/h2-5,14H,6-13H2,1H3,(H,22,23,26). The number of benzene rings is 1. The molecule has 0 radical (unpaired) electrons. The van der Waals surface area contributed by atoms with Crippen molar-refractivity contribution in [2.45, 2.75) is 39.3 Å². The van der Waals surface area contributed by atoms with Crippen molar-refractivity contribution in [1.82, 2.24) is 14.9 Å². The maximum absolute atomic E-state index is 13.1. The monoisotopic (exact) mass is 356 g/mol. The van der Waals surface area contributed by atoms with Gasteiger partial charge in [0.05, 0.1) is 11.3 Å². The molecule has 0 aliphatic carbocycles. The van der Waals surface area contributed by atoms with E-state index in [0.29, 0.717) is 13.1 Å². The average Bonchev–Trinajstić information content (AvgIpc) is 2.64. The number of hydrogen-bond acceptors (Lipinski definition) is 4. The number of aromatic amines is 1. The fourth-order valence-corrected chi connectivity index (χ4v) is 3.82. The van der Waals surface area contributed by atoms with Crippen molar-refractivity contribution < 1.29 is 4.39 Å². The van der Waals surface area contributed by atoms with Gasteiger partial charge in [-0.1, -0.05) is 19.1 Å². The van der Waals surface area contributed by atoms with Gasteiger partial charge in [-0.2, -0.15) is 0 Å². The highest BCUT2D eigenvalue weighted by molar-refractivity contribution is 5.35. The van der Waals surface area contributed by atoms with Gasteiger partial charge < -0.3 is 4.90 Å². The third-order valence-electron chi connectivity index (χ3n) is 5.54. The van der Waals surface area contributed by atoms with Crippen molar-refractivity contribution in [2.24, 2.45) is 5.92 Å². The molecule has 0 saturated carbocycles. The van der Waals surface area contributed by atoms with E-state index in [1.165, 1.54) is 12.1 Å². The SMILES string of the molecule is CC1CCN(c2nc3c(c(=O)[nH]2)CN(Cc2ccc(F)cc2)CC3)CC1. The smallest absolute Gasteiger partial charge is 0.257 e. The van der Waals surface area contributed by atoms with Gasteiger partial charge in [0.2, 0.25) is 5.95 Å². The minimum atomic E-state index is -0.224. The number of hydrogen-bond donors (Lipinski definition) is 1. The predicted octanol–water partition coefficient (Wildman–Crippen LogP) is 2.70. The zero-order valence-corrected chi connectivity index (χ0v) is 15.2. The number of rotatable bonds is 3. The minimum absolute atomic E-state index is 0.0209. The molecular weight excluding hydrogens is 331 g/mol. The van der Waals surface area contributed by atoms with Crippen LogP contribution in [0.5, 0.6) is 0 Å². The molecule has 2 aliphatic heterocycles. The lowest BCUT2D eigenvalue weighted by Crippen LogP contribution is -2.39. The summed E-state index contributed by atoms with van der Waals surface area (Å²) in [6.45, 7) is 6.35. The Labute approximate surface area is 152 Å². The second-order valence-corrected chi connectivity index (χ2v) is 7.57. The molecule has 1 saturated heterocycles. The second-order valence-electron chi connectivity index (χ2n) is 7.57. The van der Waals surface area contributed by atoms with Gasteiger partial charge in [-0.05, 0) is 36.5 Å². The lowest BCUT2D eigenvalue weighted by atomic mass is 9.99. The number of nitrogens with one attached hydrogen (secondary N) is 1. The van der Waals surface area contributed by atoms with Gasteiger partial charge in [0, 0.05) is 39.1 Å². The van der Waals surface area contributed by atoms with Gasteiger partial charge in [0.25, 0.3) is 5.56 Å². The van der Waals surface area contributed by atoms with E-state index in [-0.39, 0.29) is 11.4 Å². The summed E-state index contributed by atoms with van der Waals surface area (Å²) in [6, 6.07) is 6.56. The molecule has 0 atom stereocenters. The van der Waals surface area contributed by atoms with Gasteiger partial charge in [0.1, 0.15) is 5.82 Å². The summed E-state index contributed by atoms with van der Waals surface area (Å²) in [4.78, 5) is 24.8. The van der Waals surface area contributed by atoms with Crippen molar-refractivity contribution in [1.29, 1.82) is 0 Å². The number of aromatic nitrogens is 2. The van der Waals surface area contributed by atoms with E-state index >= 15 is 0 Å². The van der Waals surface area contributed by atoms with E-state index in [1.54, 1.807) is 12.1 Å². The summed E-state index contributed by atoms with van der Waals surface area (Å²) in [6.07, 6.45) is 3.07. The maximum atomic E-state index is 13.1. The molecule has 3 heterocycles. The minimum Gasteiger partial charge on any atom is -0.342 e. The fourth-order valence-electron chi connectivity index (χ4n) is 3.82. The Hall–Kier alpha value is -2.21. The second kappa shape index (κ2) is 7.19. The summed E-state index contributed by atoms with van der Waals surface area (Å²) in [5, 5.41) is 0. The topological polar surface area (TPSA) is 52.2 Å². The maximum Gasteiger partial charge on any atom is 0.257 e. The van der Waals surface area contributed by atoms with Crippen LogP contribution in [-0.4, -0.2) is 34.5 Å². The number of H-pyrrole nitrogens is 1. The molecule has 0 spiro atoms. The van der Waals surface area contributed by atoms with Gasteiger partial charge in [-0.3, -0.25) is 14.7 Å². The highest BCUT2D eigenvalue weighted by Crippen LogP contribution is 2.22. The van der Waals surface area contributed by atoms with Gasteiger partial charge in [-0.15, -0.1) is 0 Å². The molecule has 138 valence electrons.